The lowest BCUT2D eigenvalue weighted by molar-refractivity contribution is 0.269. The number of ether oxygens (including phenoxy) is 1. The Morgan fingerprint density at radius 2 is 2.08 bits per heavy atom. The van der Waals surface area contributed by atoms with Crippen LogP contribution in [0.4, 0.5) is 5.69 Å². The number of pyridine rings is 1. The average molecular weight is 329 g/mol. The Bertz CT molecular complexity index is 629. The molecule has 2 aromatic rings. The monoisotopic (exact) mass is 329 g/mol. The van der Waals surface area contributed by atoms with Crippen LogP contribution in [0.1, 0.15) is 40.0 Å². The first-order valence-electron chi connectivity index (χ1n) is 9.13. The van der Waals surface area contributed by atoms with E-state index in [9.17, 15) is 0 Å². The highest BCUT2D eigenvalue weighted by atomic mass is 16.5. The number of hydrogen-bond donors (Lipinski definition) is 1. The van der Waals surface area contributed by atoms with Gasteiger partial charge in [0, 0.05) is 30.2 Å². The molecular weight excluding hydrogens is 298 g/mol. The minimum absolute atomic E-state index is 0.402. The van der Waals surface area contributed by atoms with Crippen LogP contribution < -0.4 is 10.1 Å². The number of anilines is 1. The summed E-state index contributed by atoms with van der Waals surface area (Å²) in [7, 11) is 1.71. The summed E-state index contributed by atoms with van der Waals surface area (Å²) in [5, 5.41) is 4.81. The van der Waals surface area contributed by atoms with Crippen LogP contribution in [0.5, 0.6) is 5.75 Å². The number of unbranched alkanes of at least 4 members (excludes halogenated alkanes) is 1. The zero-order valence-corrected chi connectivity index (χ0v) is 15.5. The molecule has 0 aliphatic carbocycles. The number of aromatic nitrogens is 1. The molecule has 0 radical (unpaired) electrons. The number of methoxy groups -OCH3 is 1. The van der Waals surface area contributed by atoms with Gasteiger partial charge >= 0.3 is 0 Å². The van der Waals surface area contributed by atoms with Crippen LogP contribution in [0.15, 0.2) is 30.5 Å². The zero-order chi connectivity index (χ0) is 17.4. The Labute approximate surface area is 146 Å². The molecule has 0 saturated carbocycles. The largest absolute Gasteiger partial charge is 0.497 e. The molecule has 1 aromatic heterocycles. The van der Waals surface area contributed by atoms with E-state index in [-0.39, 0.29) is 0 Å². The molecule has 1 heterocycles. The molecule has 1 N–H and O–H groups in total. The van der Waals surface area contributed by atoms with Gasteiger partial charge in [-0.2, -0.15) is 0 Å². The smallest absolute Gasteiger partial charge is 0.121 e. The molecule has 0 saturated heterocycles. The first-order valence-corrected chi connectivity index (χ1v) is 9.13. The van der Waals surface area contributed by atoms with Crippen LogP contribution >= 0.6 is 0 Å². The Morgan fingerprint density at radius 1 is 1.25 bits per heavy atom. The summed E-state index contributed by atoms with van der Waals surface area (Å²) in [6.07, 6.45) is 5.42. The molecule has 4 nitrogen and oxygen atoms in total. The highest BCUT2D eigenvalue weighted by Gasteiger charge is 2.14. The van der Waals surface area contributed by atoms with Crippen LogP contribution in [-0.4, -0.2) is 42.7 Å². The Morgan fingerprint density at radius 3 is 2.75 bits per heavy atom. The number of likely N-dealkylation sites (N-methyl/N-ethyl adjacent to an activating group) is 1. The minimum atomic E-state index is 0.402. The van der Waals surface area contributed by atoms with Gasteiger partial charge in [-0.25, -0.2) is 0 Å². The standard InChI is InChI=1S/C20H31N3O/c1-5-8-12-23(7-3)15-17(6-2)22-19-14-18(24-4)13-16-10-9-11-21-20(16)19/h9-11,13-14,17,22H,5-8,12,15H2,1-4H3/t17-/m1/s1. The first kappa shape index (κ1) is 18.5. The fraction of sp³-hybridized carbons (Fsp3) is 0.550. The van der Waals surface area contributed by atoms with Crippen molar-refractivity contribution in [2.24, 2.45) is 0 Å². The molecule has 24 heavy (non-hydrogen) atoms. The summed E-state index contributed by atoms with van der Waals surface area (Å²) in [4.78, 5) is 7.09. The van der Waals surface area contributed by atoms with E-state index in [0.29, 0.717) is 6.04 Å². The molecule has 2 rings (SSSR count). The maximum atomic E-state index is 5.46. The van der Waals surface area contributed by atoms with E-state index in [0.717, 1.165) is 41.9 Å². The second-order valence-electron chi connectivity index (χ2n) is 6.25. The van der Waals surface area contributed by atoms with Crippen molar-refractivity contribution in [1.82, 2.24) is 9.88 Å². The molecular formula is C20H31N3O. The summed E-state index contributed by atoms with van der Waals surface area (Å²) in [5.74, 6) is 0.867. The Balaban J connectivity index is 2.19. The van der Waals surface area contributed by atoms with E-state index in [1.165, 1.54) is 19.4 Å². The van der Waals surface area contributed by atoms with Gasteiger partial charge in [-0.05, 0) is 38.1 Å². The third-order valence-electron chi connectivity index (χ3n) is 4.52. The van der Waals surface area contributed by atoms with Gasteiger partial charge in [-0.15, -0.1) is 0 Å². The van der Waals surface area contributed by atoms with Gasteiger partial charge in [-0.3, -0.25) is 4.98 Å². The number of rotatable bonds is 10. The van der Waals surface area contributed by atoms with Gasteiger partial charge in [0.15, 0.2) is 0 Å². The highest BCUT2D eigenvalue weighted by Crippen LogP contribution is 2.28. The van der Waals surface area contributed by atoms with Gasteiger partial charge < -0.3 is 15.0 Å². The van der Waals surface area contributed by atoms with Crippen molar-refractivity contribution < 1.29 is 4.74 Å². The van der Waals surface area contributed by atoms with Crippen LogP contribution in [0.2, 0.25) is 0 Å². The number of nitrogens with zero attached hydrogens (tertiary/aromatic N) is 2. The van der Waals surface area contributed by atoms with E-state index in [4.69, 9.17) is 4.74 Å². The number of fused-ring (bicyclic) bond motifs is 1. The van der Waals surface area contributed by atoms with Crippen LogP contribution in [0.3, 0.4) is 0 Å². The van der Waals surface area contributed by atoms with E-state index >= 15 is 0 Å². The zero-order valence-electron chi connectivity index (χ0n) is 15.5. The minimum Gasteiger partial charge on any atom is -0.497 e. The predicted octanol–water partition coefficient (Wildman–Crippen LogP) is 4.56. The van der Waals surface area contributed by atoms with Gasteiger partial charge in [-0.1, -0.05) is 33.3 Å². The summed E-state index contributed by atoms with van der Waals surface area (Å²) in [6.45, 7) is 10.0. The third kappa shape index (κ3) is 4.84. The Kier molecular flexibility index (Phi) is 7.32. The maximum absolute atomic E-state index is 5.46. The fourth-order valence-electron chi connectivity index (χ4n) is 2.96. The fourth-order valence-corrected chi connectivity index (χ4v) is 2.96. The van der Waals surface area contributed by atoms with Gasteiger partial charge in [0.05, 0.1) is 18.3 Å². The number of hydrogen-bond acceptors (Lipinski definition) is 4. The SMILES string of the molecule is CCCCN(CC)C[C@@H](CC)Nc1cc(OC)cc2cccnc12. The normalized spacial score (nSPS) is 12.5. The van der Waals surface area contributed by atoms with Gasteiger partial charge in [0.2, 0.25) is 0 Å². The van der Waals surface area contributed by atoms with E-state index in [1.54, 1.807) is 7.11 Å². The van der Waals surface area contributed by atoms with Crippen molar-refractivity contribution in [1.29, 1.82) is 0 Å². The van der Waals surface area contributed by atoms with E-state index < -0.39 is 0 Å². The van der Waals surface area contributed by atoms with Crippen LogP contribution in [-0.2, 0) is 0 Å². The summed E-state index contributed by atoms with van der Waals surface area (Å²) in [5.41, 5.74) is 2.07. The molecule has 0 aliphatic heterocycles. The lowest BCUT2D eigenvalue weighted by Crippen LogP contribution is -2.37. The third-order valence-corrected chi connectivity index (χ3v) is 4.52. The second kappa shape index (κ2) is 9.48. The van der Waals surface area contributed by atoms with Crippen LogP contribution in [0.25, 0.3) is 10.9 Å². The number of benzene rings is 1. The molecule has 132 valence electrons. The molecule has 0 fully saturated rings. The molecule has 0 bridgehead atoms. The van der Waals surface area contributed by atoms with Crippen molar-refractivity contribution in [3.63, 3.8) is 0 Å². The molecule has 1 atom stereocenters. The predicted molar refractivity (Wildman–Crippen MR) is 103 cm³/mol. The Hall–Kier alpha value is -1.81. The topological polar surface area (TPSA) is 37.4 Å². The molecule has 1 aromatic carbocycles. The van der Waals surface area contributed by atoms with E-state index in [1.807, 2.05) is 18.3 Å². The molecule has 4 heteroatoms. The summed E-state index contributed by atoms with van der Waals surface area (Å²) < 4.78 is 5.46. The lowest BCUT2D eigenvalue weighted by atomic mass is 10.1. The number of nitrogens with one attached hydrogen (secondary N) is 1. The quantitative estimate of drug-likeness (QED) is 0.693. The lowest BCUT2D eigenvalue weighted by Gasteiger charge is -2.27. The molecule has 0 spiro atoms. The van der Waals surface area contributed by atoms with Crippen molar-refractivity contribution in [3.05, 3.63) is 30.5 Å². The average Bonchev–Trinajstić information content (AvgIpc) is 2.63. The second-order valence-corrected chi connectivity index (χ2v) is 6.25. The highest BCUT2D eigenvalue weighted by molar-refractivity contribution is 5.91. The molecule has 0 aliphatic rings. The van der Waals surface area contributed by atoms with Crippen molar-refractivity contribution in [3.8, 4) is 5.75 Å². The molecule has 0 amide bonds. The first-order chi connectivity index (χ1) is 11.7. The van der Waals surface area contributed by atoms with Crippen molar-refractivity contribution in [2.75, 3.05) is 32.1 Å². The van der Waals surface area contributed by atoms with E-state index in [2.05, 4.69) is 48.1 Å². The van der Waals surface area contributed by atoms with Crippen LogP contribution in [0, 0.1) is 0 Å². The van der Waals surface area contributed by atoms with Crippen molar-refractivity contribution >= 4 is 16.6 Å². The van der Waals surface area contributed by atoms with Gasteiger partial charge in [0.1, 0.15) is 5.75 Å². The molecule has 0 unspecified atom stereocenters. The summed E-state index contributed by atoms with van der Waals surface area (Å²) in [6, 6.07) is 8.54. The van der Waals surface area contributed by atoms with Gasteiger partial charge in [0.25, 0.3) is 0 Å². The summed E-state index contributed by atoms with van der Waals surface area (Å²) >= 11 is 0. The van der Waals surface area contributed by atoms with Crippen molar-refractivity contribution in [2.45, 2.75) is 46.1 Å². The maximum Gasteiger partial charge on any atom is 0.121 e.